The predicted molar refractivity (Wildman–Crippen MR) is 109 cm³/mol. The van der Waals surface area contributed by atoms with Crippen LogP contribution < -0.4 is 4.74 Å². The fourth-order valence-corrected chi connectivity index (χ4v) is 3.58. The molecule has 4 rings (SSSR count). The molecule has 1 aromatic carbocycles. The highest BCUT2D eigenvalue weighted by Crippen LogP contribution is 2.23. The highest BCUT2D eigenvalue weighted by Gasteiger charge is 2.29. The van der Waals surface area contributed by atoms with Crippen LogP contribution in [0.3, 0.4) is 0 Å². The van der Waals surface area contributed by atoms with E-state index in [-0.39, 0.29) is 5.91 Å². The van der Waals surface area contributed by atoms with Gasteiger partial charge in [-0.05, 0) is 43.2 Å². The number of rotatable bonds is 6. The molecule has 0 saturated heterocycles. The first-order valence-corrected chi connectivity index (χ1v) is 10.0. The van der Waals surface area contributed by atoms with Crippen molar-refractivity contribution in [3.05, 3.63) is 76.7 Å². The summed E-state index contributed by atoms with van der Waals surface area (Å²) in [6.45, 7) is 2.78. The number of carbonyl (C=O) groups is 1. The Balaban J connectivity index is 1.36. The number of amides is 1. The first kappa shape index (κ1) is 19.5. The minimum Gasteiger partial charge on any atom is -0.481 e. The molecule has 1 amide bonds. The Morgan fingerprint density at radius 2 is 2.21 bits per heavy atom. The van der Waals surface area contributed by atoms with Crippen LogP contribution in [0.15, 0.2) is 53.2 Å². The van der Waals surface area contributed by atoms with Gasteiger partial charge in [0.05, 0.1) is 6.54 Å². The molecule has 1 atom stereocenters. The zero-order valence-corrected chi connectivity index (χ0v) is 16.9. The van der Waals surface area contributed by atoms with Gasteiger partial charge in [-0.3, -0.25) is 9.78 Å². The van der Waals surface area contributed by atoms with Gasteiger partial charge < -0.3 is 14.1 Å². The number of pyridine rings is 1. The molecule has 150 valence electrons. The molecule has 0 radical (unpaired) electrons. The van der Waals surface area contributed by atoms with Gasteiger partial charge in [0.1, 0.15) is 17.2 Å². The van der Waals surface area contributed by atoms with Crippen molar-refractivity contribution in [3.63, 3.8) is 0 Å². The van der Waals surface area contributed by atoms with Crippen molar-refractivity contribution < 1.29 is 13.9 Å². The monoisotopic (exact) mass is 411 g/mol. The largest absolute Gasteiger partial charge is 0.481 e. The van der Waals surface area contributed by atoms with Crippen molar-refractivity contribution in [2.24, 2.45) is 0 Å². The van der Waals surface area contributed by atoms with E-state index in [0.29, 0.717) is 42.6 Å². The molecule has 1 aliphatic heterocycles. The maximum Gasteiger partial charge on any atom is 0.263 e. The molecule has 1 aliphatic rings. The summed E-state index contributed by atoms with van der Waals surface area (Å²) in [6.07, 6.45) is 5.19. The summed E-state index contributed by atoms with van der Waals surface area (Å²) in [5, 5.41) is 0.575. The molecule has 3 aromatic rings. The number of halogens is 1. The number of fused-ring (bicyclic) bond motifs is 1. The minimum absolute atomic E-state index is 0.0736. The first-order chi connectivity index (χ1) is 14.1. The number of carbonyl (C=O) groups excluding carboxylic acids is 1. The van der Waals surface area contributed by atoms with E-state index in [0.717, 1.165) is 23.4 Å². The lowest BCUT2D eigenvalue weighted by Gasteiger charge is -2.28. The Morgan fingerprint density at radius 1 is 1.31 bits per heavy atom. The second-order valence-corrected chi connectivity index (χ2v) is 7.50. The zero-order valence-electron chi connectivity index (χ0n) is 16.2. The van der Waals surface area contributed by atoms with Crippen molar-refractivity contribution in [1.29, 1.82) is 0 Å². The second kappa shape index (κ2) is 8.66. The summed E-state index contributed by atoms with van der Waals surface area (Å²) < 4.78 is 11.7. The van der Waals surface area contributed by atoms with E-state index in [4.69, 9.17) is 20.8 Å². The van der Waals surface area contributed by atoms with Gasteiger partial charge in [0.15, 0.2) is 12.0 Å². The van der Waals surface area contributed by atoms with Gasteiger partial charge in [0.2, 0.25) is 0 Å². The highest BCUT2D eigenvalue weighted by atomic mass is 35.5. The van der Waals surface area contributed by atoms with Crippen LogP contribution in [0.4, 0.5) is 0 Å². The molecule has 3 heterocycles. The third-order valence-corrected chi connectivity index (χ3v) is 5.13. The summed E-state index contributed by atoms with van der Waals surface area (Å²) in [6, 6.07) is 11.0. The molecule has 0 aliphatic carbocycles. The highest BCUT2D eigenvalue weighted by molar-refractivity contribution is 6.30. The van der Waals surface area contributed by atoms with E-state index in [9.17, 15) is 4.79 Å². The number of aromatic nitrogens is 2. The molecule has 0 saturated carbocycles. The Labute approximate surface area is 174 Å². The van der Waals surface area contributed by atoms with E-state index in [1.54, 1.807) is 42.3 Å². The summed E-state index contributed by atoms with van der Waals surface area (Å²) in [5.41, 5.74) is 1.98. The van der Waals surface area contributed by atoms with Crippen LogP contribution in [0.1, 0.15) is 29.8 Å². The number of nitrogens with zero attached hydrogens (tertiary/aromatic N) is 3. The number of hydrogen-bond donors (Lipinski definition) is 0. The molecule has 0 spiro atoms. The van der Waals surface area contributed by atoms with Crippen molar-refractivity contribution >= 4 is 17.5 Å². The minimum atomic E-state index is -0.605. The second-order valence-electron chi connectivity index (χ2n) is 7.07. The molecule has 29 heavy (non-hydrogen) atoms. The molecule has 1 unspecified atom stereocenters. The Kier molecular flexibility index (Phi) is 5.81. The maximum absolute atomic E-state index is 12.8. The van der Waals surface area contributed by atoms with E-state index >= 15 is 0 Å². The Hall–Kier alpha value is -2.86. The zero-order chi connectivity index (χ0) is 20.2. The average molecular weight is 412 g/mol. The van der Waals surface area contributed by atoms with Gasteiger partial charge in [0.25, 0.3) is 5.91 Å². The van der Waals surface area contributed by atoms with E-state index in [1.807, 2.05) is 18.3 Å². The normalized spacial score (nSPS) is 14.3. The lowest BCUT2D eigenvalue weighted by Crippen LogP contribution is -2.43. The van der Waals surface area contributed by atoms with Crippen molar-refractivity contribution in [1.82, 2.24) is 14.9 Å². The van der Waals surface area contributed by atoms with Crippen LogP contribution in [0.25, 0.3) is 0 Å². The molecule has 6 nitrogen and oxygen atoms in total. The molecule has 0 fully saturated rings. The lowest BCUT2D eigenvalue weighted by atomic mass is 10.1. The topological polar surface area (TPSA) is 68.5 Å². The summed E-state index contributed by atoms with van der Waals surface area (Å²) in [4.78, 5) is 23.3. The first-order valence-electron chi connectivity index (χ1n) is 9.66. The molecular weight excluding hydrogens is 390 g/mol. The van der Waals surface area contributed by atoms with Crippen LogP contribution in [0.5, 0.6) is 5.75 Å². The fraction of sp³-hybridized carbons (Fsp3) is 0.318. The quantitative estimate of drug-likeness (QED) is 0.616. The average Bonchev–Trinajstić information content (AvgIpc) is 3.14. The van der Waals surface area contributed by atoms with Crippen LogP contribution in [-0.4, -0.2) is 33.4 Å². The van der Waals surface area contributed by atoms with Crippen LogP contribution in [-0.2, 0) is 30.6 Å². The number of benzene rings is 1. The SMILES string of the molecule is CC(Oc1cccc(Cl)c1)C(=O)N1CCc2oc(CCc3cccnc3)nc2C1. The van der Waals surface area contributed by atoms with Crippen LogP contribution in [0, 0.1) is 0 Å². The third kappa shape index (κ3) is 4.77. The molecular formula is C22H22ClN3O3. The summed E-state index contributed by atoms with van der Waals surface area (Å²) >= 11 is 5.98. The summed E-state index contributed by atoms with van der Waals surface area (Å²) in [5.74, 6) is 2.08. The summed E-state index contributed by atoms with van der Waals surface area (Å²) in [7, 11) is 0. The van der Waals surface area contributed by atoms with Gasteiger partial charge in [-0.1, -0.05) is 23.7 Å². The standard InChI is InChI=1S/C22H22ClN3O3/c1-15(28-18-6-2-5-17(23)12-18)22(27)26-11-9-20-19(14-26)25-21(29-20)8-7-16-4-3-10-24-13-16/h2-6,10,12-13,15H,7-9,11,14H2,1H3. The molecule has 0 bridgehead atoms. The van der Waals surface area contributed by atoms with Crippen LogP contribution >= 0.6 is 11.6 Å². The van der Waals surface area contributed by atoms with Gasteiger partial charge in [-0.15, -0.1) is 0 Å². The fourth-order valence-electron chi connectivity index (χ4n) is 3.40. The smallest absolute Gasteiger partial charge is 0.263 e. The van der Waals surface area contributed by atoms with Gasteiger partial charge >= 0.3 is 0 Å². The maximum atomic E-state index is 12.8. The number of aryl methyl sites for hydroxylation is 2. The Bertz CT molecular complexity index is 990. The molecule has 0 N–H and O–H groups in total. The van der Waals surface area contributed by atoms with E-state index in [2.05, 4.69) is 9.97 Å². The van der Waals surface area contributed by atoms with Crippen molar-refractivity contribution in [2.75, 3.05) is 6.54 Å². The third-order valence-electron chi connectivity index (χ3n) is 4.89. The van der Waals surface area contributed by atoms with Gasteiger partial charge in [-0.25, -0.2) is 4.98 Å². The van der Waals surface area contributed by atoms with Crippen molar-refractivity contribution in [2.45, 2.75) is 38.8 Å². The number of oxazole rings is 1. The van der Waals surface area contributed by atoms with Gasteiger partial charge in [-0.2, -0.15) is 0 Å². The number of hydrogen-bond acceptors (Lipinski definition) is 5. The van der Waals surface area contributed by atoms with Crippen molar-refractivity contribution in [3.8, 4) is 5.75 Å². The predicted octanol–water partition coefficient (Wildman–Crippen LogP) is 3.86. The van der Waals surface area contributed by atoms with E-state index in [1.165, 1.54) is 0 Å². The molecule has 2 aromatic heterocycles. The molecule has 7 heteroatoms. The lowest BCUT2D eigenvalue weighted by molar-refractivity contribution is -0.139. The van der Waals surface area contributed by atoms with Gasteiger partial charge in [0, 0.05) is 36.8 Å². The van der Waals surface area contributed by atoms with E-state index < -0.39 is 6.10 Å². The Morgan fingerprint density at radius 3 is 3.00 bits per heavy atom. The number of ether oxygens (including phenoxy) is 1. The van der Waals surface area contributed by atoms with Crippen LogP contribution in [0.2, 0.25) is 5.02 Å².